The van der Waals surface area contributed by atoms with Crippen molar-refractivity contribution in [3.8, 4) is 0 Å². The molecular weight excluding hydrogens is 438 g/mol. The second kappa shape index (κ2) is 9.15. The van der Waals surface area contributed by atoms with E-state index in [0.717, 1.165) is 11.0 Å². The number of amides is 2. The molecule has 2 amide bonds. The fourth-order valence-electron chi connectivity index (χ4n) is 4.59. The number of benzene rings is 1. The van der Waals surface area contributed by atoms with Crippen LogP contribution in [-0.4, -0.2) is 76.1 Å². The predicted octanol–water partition coefficient (Wildman–Crippen LogP) is 3.81. The Balaban J connectivity index is 1.91. The number of alkyl halides is 1. The molecule has 2 saturated heterocycles. The van der Waals surface area contributed by atoms with Crippen LogP contribution < -0.4 is 5.46 Å². The van der Waals surface area contributed by atoms with E-state index in [1.165, 1.54) is 9.80 Å². The molecule has 2 aliphatic heterocycles. The van der Waals surface area contributed by atoms with Gasteiger partial charge in [-0.1, -0.05) is 31.2 Å². The summed E-state index contributed by atoms with van der Waals surface area (Å²) in [5, 5.41) is 10.1. The Morgan fingerprint density at radius 3 is 2.09 bits per heavy atom. The number of halogens is 1. The number of hydrogen-bond donors (Lipinski definition) is 1. The van der Waals surface area contributed by atoms with Crippen molar-refractivity contribution < 1.29 is 28.4 Å². The van der Waals surface area contributed by atoms with Crippen molar-refractivity contribution in [2.75, 3.05) is 13.1 Å². The third-order valence-corrected chi connectivity index (χ3v) is 7.36. The Morgan fingerprint density at radius 2 is 1.68 bits per heavy atom. The lowest BCUT2D eigenvalue weighted by atomic mass is 9.77. The van der Waals surface area contributed by atoms with E-state index in [2.05, 4.69) is 0 Å². The van der Waals surface area contributed by atoms with Crippen LogP contribution in [-0.2, 0) is 14.1 Å². The normalized spacial score (nSPS) is 23.6. The second-order valence-electron chi connectivity index (χ2n) is 11.5. The lowest BCUT2D eigenvalue weighted by molar-refractivity contribution is -0.138. The van der Waals surface area contributed by atoms with Crippen LogP contribution in [0.25, 0.3) is 0 Å². The number of carboxylic acid groups (broad SMARTS) is 1. The minimum absolute atomic E-state index is 0.000518. The molecule has 34 heavy (non-hydrogen) atoms. The highest BCUT2D eigenvalue weighted by Crippen LogP contribution is 2.37. The topological polar surface area (TPSA) is 79.3 Å². The van der Waals surface area contributed by atoms with Gasteiger partial charge in [0.1, 0.15) is 12.2 Å². The van der Waals surface area contributed by atoms with Crippen LogP contribution >= 0.6 is 0 Å². The number of carbonyl (C=O) groups is 2. The van der Waals surface area contributed by atoms with E-state index < -0.39 is 48.1 Å². The third-order valence-electron chi connectivity index (χ3n) is 7.36. The van der Waals surface area contributed by atoms with Crippen molar-refractivity contribution in [1.82, 2.24) is 9.80 Å². The average Bonchev–Trinajstić information content (AvgIpc) is 3.23. The maximum absolute atomic E-state index is 13.9. The molecule has 0 aliphatic carbocycles. The summed E-state index contributed by atoms with van der Waals surface area (Å²) in [5.74, 6) is -0.811. The number of nitrogens with zero attached hydrogens (tertiary/aromatic N) is 2. The Morgan fingerprint density at radius 1 is 1.15 bits per heavy atom. The van der Waals surface area contributed by atoms with Gasteiger partial charge in [0.2, 0.25) is 5.91 Å². The second-order valence-corrected chi connectivity index (χ2v) is 11.5. The molecule has 9 heteroatoms. The molecule has 1 aromatic carbocycles. The summed E-state index contributed by atoms with van der Waals surface area (Å²) in [6.45, 7) is 15.4. The van der Waals surface area contributed by atoms with Gasteiger partial charge in [-0.3, -0.25) is 9.69 Å². The highest BCUT2D eigenvalue weighted by atomic mass is 19.1. The Labute approximate surface area is 202 Å². The fourth-order valence-corrected chi connectivity index (χ4v) is 4.59. The van der Waals surface area contributed by atoms with Gasteiger partial charge in [-0.15, -0.1) is 0 Å². The van der Waals surface area contributed by atoms with Crippen molar-refractivity contribution in [3.05, 3.63) is 29.8 Å². The molecule has 0 bridgehead atoms. The maximum atomic E-state index is 13.9. The minimum atomic E-state index is -1.18. The van der Waals surface area contributed by atoms with E-state index in [-0.39, 0.29) is 18.9 Å². The van der Waals surface area contributed by atoms with Crippen LogP contribution in [0.4, 0.5) is 9.18 Å². The molecule has 0 unspecified atom stereocenters. The Hall–Kier alpha value is -2.13. The van der Waals surface area contributed by atoms with Gasteiger partial charge in [0.05, 0.1) is 17.7 Å². The molecule has 1 aromatic rings. The summed E-state index contributed by atoms with van der Waals surface area (Å²) < 4.78 is 26.1. The van der Waals surface area contributed by atoms with E-state index in [4.69, 9.17) is 9.31 Å². The zero-order valence-corrected chi connectivity index (χ0v) is 21.6. The summed E-state index contributed by atoms with van der Waals surface area (Å²) >= 11 is 0. The van der Waals surface area contributed by atoms with Crippen molar-refractivity contribution in [2.45, 2.75) is 96.7 Å². The third kappa shape index (κ3) is 5.10. The van der Waals surface area contributed by atoms with E-state index in [0.29, 0.717) is 6.54 Å². The summed E-state index contributed by atoms with van der Waals surface area (Å²) in [6.07, 6.45) is -1.98. The van der Waals surface area contributed by atoms with E-state index in [1.54, 1.807) is 20.8 Å². The molecule has 0 spiro atoms. The van der Waals surface area contributed by atoms with Gasteiger partial charge in [-0.2, -0.15) is 0 Å². The van der Waals surface area contributed by atoms with Gasteiger partial charge in [0, 0.05) is 18.0 Å². The first kappa shape index (κ1) is 26.5. The molecule has 1 N–H and O–H groups in total. The molecule has 2 heterocycles. The van der Waals surface area contributed by atoms with Crippen LogP contribution in [0.5, 0.6) is 0 Å². The van der Waals surface area contributed by atoms with Crippen LogP contribution in [0, 0.1) is 0 Å². The molecule has 0 radical (unpaired) electrons. The number of likely N-dealkylation sites (tertiary alicyclic amines) is 1. The standard InChI is InChI=1S/C25H38BFN2O5/c1-16(17-9-11-18(12-10-17)26-33-24(5,6)25(7,8)34-26)20(29(22(31)32)23(2,3)4)21(30)28-14-13-19(27)15-28/h9-12,16,19-20H,13-15H2,1-8H3,(H,31,32)/t16-,19-,20-/m0/s1. The minimum Gasteiger partial charge on any atom is -0.465 e. The van der Waals surface area contributed by atoms with Gasteiger partial charge in [0.15, 0.2) is 0 Å². The maximum Gasteiger partial charge on any atom is 0.494 e. The van der Waals surface area contributed by atoms with Crippen LogP contribution in [0.2, 0.25) is 0 Å². The molecule has 7 nitrogen and oxygen atoms in total. The van der Waals surface area contributed by atoms with Gasteiger partial charge in [-0.25, -0.2) is 9.18 Å². The summed E-state index contributed by atoms with van der Waals surface area (Å²) in [7, 11) is -0.511. The molecule has 0 aromatic heterocycles. The molecular formula is C25H38BFN2O5. The summed E-state index contributed by atoms with van der Waals surface area (Å²) in [6, 6.07) is 6.58. The smallest absolute Gasteiger partial charge is 0.465 e. The largest absolute Gasteiger partial charge is 0.494 e. The van der Waals surface area contributed by atoms with Gasteiger partial charge < -0.3 is 19.3 Å². The highest BCUT2D eigenvalue weighted by molar-refractivity contribution is 6.62. The van der Waals surface area contributed by atoms with Crippen molar-refractivity contribution in [3.63, 3.8) is 0 Å². The van der Waals surface area contributed by atoms with Crippen LogP contribution in [0.3, 0.4) is 0 Å². The van der Waals surface area contributed by atoms with E-state index in [9.17, 15) is 19.1 Å². The zero-order valence-electron chi connectivity index (χ0n) is 21.6. The Bertz CT molecular complexity index is 899. The van der Waals surface area contributed by atoms with Crippen molar-refractivity contribution in [1.29, 1.82) is 0 Å². The lowest BCUT2D eigenvalue weighted by Crippen LogP contribution is -2.59. The van der Waals surface area contributed by atoms with Crippen molar-refractivity contribution >= 4 is 24.6 Å². The highest BCUT2D eigenvalue weighted by Gasteiger charge is 2.52. The zero-order chi connectivity index (χ0) is 25.6. The summed E-state index contributed by atoms with van der Waals surface area (Å²) in [5.41, 5.74) is -0.0780. The van der Waals surface area contributed by atoms with Gasteiger partial charge in [-0.05, 0) is 65.9 Å². The van der Waals surface area contributed by atoms with E-state index >= 15 is 0 Å². The first-order chi connectivity index (χ1) is 15.5. The summed E-state index contributed by atoms with van der Waals surface area (Å²) in [4.78, 5) is 28.5. The molecule has 2 fully saturated rings. The molecule has 3 atom stereocenters. The SMILES string of the molecule is C[C@@H](c1ccc(B2OC(C)(C)C(C)(C)O2)cc1)[C@@H](C(=O)N1CC[C@H](F)C1)N(C(=O)O)C(C)(C)C. The molecule has 0 saturated carbocycles. The quantitative estimate of drug-likeness (QED) is 0.654. The first-order valence-corrected chi connectivity index (χ1v) is 12.0. The first-order valence-electron chi connectivity index (χ1n) is 12.0. The fraction of sp³-hybridized carbons (Fsp3) is 0.680. The number of hydrogen-bond acceptors (Lipinski definition) is 4. The monoisotopic (exact) mass is 476 g/mol. The number of rotatable bonds is 5. The van der Waals surface area contributed by atoms with Gasteiger partial charge in [0.25, 0.3) is 0 Å². The molecule has 188 valence electrons. The van der Waals surface area contributed by atoms with Gasteiger partial charge >= 0.3 is 13.2 Å². The van der Waals surface area contributed by atoms with Crippen LogP contribution in [0.15, 0.2) is 24.3 Å². The predicted molar refractivity (Wildman–Crippen MR) is 130 cm³/mol. The molecule has 3 rings (SSSR count). The lowest BCUT2D eigenvalue weighted by Gasteiger charge is -2.42. The average molecular weight is 476 g/mol. The number of carbonyl (C=O) groups excluding carboxylic acids is 1. The van der Waals surface area contributed by atoms with E-state index in [1.807, 2.05) is 58.9 Å². The molecule has 2 aliphatic rings. The van der Waals surface area contributed by atoms with Crippen LogP contribution in [0.1, 0.15) is 73.3 Å². The Kier molecular flexibility index (Phi) is 7.13. The van der Waals surface area contributed by atoms with Crippen molar-refractivity contribution in [2.24, 2.45) is 0 Å².